The van der Waals surface area contributed by atoms with E-state index >= 15 is 0 Å². The molecule has 0 saturated carbocycles. The molecule has 0 heterocycles. The topological polar surface area (TPSA) is 61.4 Å². The van der Waals surface area contributed by atoms with Gasteiger partial charge in [-0.2, -0.15) is 0 Å². The van der Waals surface area contributed by atoms with E-state index < -0.39 is 0 Å². The Morgan fingerprint density at radius 3 is 2.50 bits per heavy atom. The molecule has 0 aliphatic carbocycles. The predicted octanol–water partition coefficient (Wildman–Crippen LogP) is 2.94. The van der Waals surface area contributed by atoms with Crippen LogP contribution < -0.4 is 10.8 Å². The van der Waals surface area contributed by atoms with Gasteiger partial charge in [0.25, 0.3) is 0 Å². The lowest BCUT2D eigenvalue weighted by Gasteiger charge is -2.13. The van der Waals surface area contributed by atoms with Gasteiger partial charge in [-0.1, -0.05) is 44.8 Å². The van der Waals surface area contributed by atoms with Crippen LogP contribution in [0.4, 0.5) is 0 Å². The van der Waals surface area contributed by atoms with Crippen molar-refractivity contribution < 1.29 is 10.0 Å². The highest BCUT2D eigenvalue weighted by Gasteiger charge is 2.07. The molecule has 0 aliphatic heterocycles. The number of amides is 1. The average Bonchev–Trinajstić information content (AvgIpc) is 2.35. The van der Waals surface area contributed by atoms with Gasteiger partial charge in [0.05, 0.1) is 0 Å². The van der Waals surface area contributed by atoms with Crippen LogP contribution >= 0.6 is 12.2 Å². The summed E-state index contributed by atoms with van der Waals surface area (Å²) in [6, 6.07) is 0.0967. The summed E-state index contributed by atoms with van der Waals surface area (Å²) in [6.45, 7) is 4.13. The van der Waals surface area contributed by atoms with Crippen LogP contribution in [-0.4, -0.2) is 22.1 Å². The van der Waals surface area contributed by atoms with E-state index in [-0.39, 0.29) is 11.9 Å². The van der Waals surface area contributed by atoms with Gasteiger partial charge in [-0.15, -0.1) is 0 Å². The van der Waals surface area contributed by atoms with Crippen LogP contribution in [0, 0.1) is 0 Å². The minimum Gasteiger partial charge on any atom is -0.354 e. The fourth-order valence-corrected chi connectivity index (χ4v) is 1.83. The summed E-state index contributed by atoms with van der Waals surface area (Å²) in [6.07, 6.45) is 7.74. The van der Waals surface area contributed by atoms with E-state index in [0.717, 1.165) is 19.3 Å². The lowest BCUT2D eigenvalue weighted by Crippen LogP contribution is -2.33. The number of thiocarbonyl (C=S) groups is 1. The second kappa shape index (κ2) is 11.4. The molecule has 0 saturated heterocycles. The molecular formula is C13H26N2O2S. The summed E-state index contributed by atoms with van der Waals surface area (Å²) in [5, 5.41) is 11.5. The molecule has 0 aliphatic rings. The maximum absolute atomic E-state index is 11.6. The summed E-state index contributed by atoms with van der Waals surface area (Å²) >= 11 is 4.82. The summed E-state index contributed by atoms with van der Waals surface area (Å²) < 4.78 is 0. The van der Waals surface area contributed by atoms with Crippen molar-refractivity contribution in [3.05, 3.63) is 0 Å². The first-order valence-electron chi connectivity index (χ1n) is 6.82. The lowest BCUT2D eigenvalue weighted by molar-refractivity contribution is -0.121. The number of unbranched alkanes of at least 4 members (excludes halogenated alkanes) is 4. The highest BCUT2D eigenvalue weighted by molar-refractivity contribution is 7.80. The van der Waals surface area contributed by atoms with Crippen LogP contribution in [0.15, 0.2) is 0 Å². The normalized spacial score (nSPS) is 11.9. The minimum absolute atomic E-state index is 0.0967. The first kappa shape index (κ1) is 17.3. The number of hydrogen-bond donors (Lipinski definition) is 3. The quantitative estimate of drug-likeness (QED) is 0.326. The van der Waals surface area contributed by atoms with Crippen molar-refractivity contribution in [3.8, 4) is 0 Å². The Hall–Kier alpha value is -0.680. The molecule has 0 bridgehead atoms. The minimum atomic E-state index is 0.0967. The molecular weight excluding hydrogens is 248 g/mol. The van der Waals surface area contributed by atoms with Gasteiger partial charge in [-0.05, 0) is 19.8 Å². The standard InChI is InChI=1S/C13H26N2O2S/c1-3-4-5-6-7-8-12(16)14-11(2)9-10-13(18)15-17/h11,17H,3-10H2,1-2H3,(H,14,16)(H,15,18). The van der Waals surface area contributed by atoms with Crippen LogP contribution in [0.25, 0.3) is 0 Å². The third kappa shape index (κ3) is 10.5. The molecule has 0 aromatic heterocycles. The molecule has 0 rings (SSSR count). The zero-order valence-electron chi connectivity index (χ0n) is 11.5. The van der Waals surface area contributed by atoms with Crippen LogP contribution in [0.1, 0.15) is 65.2 Å². The van der Waals surface area contributed by atoms with Crippen molar-refractivity contribution in [2.24, 2.45) is 0 Å². The Morgan fingerprint density at radius 2 is 1.89 bits per heavy atom. The molecule has 4 nitrogen and oxygen atoms in total. The Kier molecular flexibility index (Phi) is 11.0. The Bertz CT molecular complexity index is 247. The van der Waals surface area contributed by atoms with E-state index in [9.17, 15) is 4.79 Å². The molecule has 0 aromatic rings. The molecule has 5 heteroatoms. The Balaban J connectivity index is 3.52. The number of hydroxylamine groups is 1. The summed E-state index contributed by atoms with van der Waals surface area (Å²) in [4.78, 5) is 12.0. The van der Waals surface area contributed by atoms with Gasteiger partial charge in [0, 0.05) is 18.9 Å². The second-order valence-corrected chi connectivity index (χ2v) is 5.20. The van der Waals surface area contributed by atoms with Gasteiger partial charge in [0.2, 0.25) is 5.91 Å². The number of nitrogens with one attached hydrogen (secondary N) is 2. The van der Waals surface area contributed by atoms with E-state index in [4.69, 9.17) is 17.4 Å². The zero-order valence-corrected chi connectivity index (χ0v) is 12.3. The SMILES string of the molecule is CCCCCCCC(=O)NC(C)CCC(=S)NO. The van der Waals surface area contributed by atoms with Crippen LogP contribution in [-0.2, 0) is 4.79 Å². The number of carbonyl (C=O) groups is 1. The zero-order chi connectivity index (χ0) is 13.8. The molecule has 18 heavy (non-hydrogen) atoms. The summed E-state index contributed by atoms with van der Waals surface area (Å²) in [5.41, 5.74) is 1.95. The average molecular weight is 274 g/mol. The largest absolute Gasteiger partial charge is 0.354 e. The van der Waals surface area contributed by atoms with Gasteiger partial charge in [-0.25, -0.2) is 0 Å². The maximum Gasteiger partial charge on any atom is 0.220 e. The predicted molar refractivity (Wildman–Crippen MR) is 77.7 cm³/mol. The number of hydrogen-bond acceptors (Lipinski definition) is 3. The molecule has 0 spiro atoms. The fraction of sp³-hybridized carbons (Fsp3) is 0.846. The van der Waals surface area contributed by atoms with E-state index in [1.165, 1.54) is 19.3 Å². The Morgan fingerprint density at radius 1 is 1.22 bits per heavy atom. The summed E-state index contributed by atoms with van der Waals surface area (Å²) in [5.74, 6) is 0.113. The van der Waals surface area contributed by atoms with Crippen LogP contribution in [0.2, 0.25) is 0 Å². The molecule has 1 amide bonds. The van der Waals surface area contributed by atoms with Crippen molar-refractivity contribution in [2.45, 2.75) is 71.3 Å². The van der Waals surface area contributed by atoms with Crippen molar-refractivity contribution >= 4 is 23.1 Å². The van der Waals surface area contributed by atoms with Crippen LogP contribution in [0.3, 0.4) is 0 Å². The highest BCUT2D eigenvalue weighted by atomic mass is 32.1. The van der Waals surface area contributed by atoms with E-state index in [2.05, 4.69) is 12.2 Å². The third-order valence-electron chi connectivity index (χ3n) is 2.84. The molecule has 0 aromatic carbocycles. The molecule has 0 radical (unpaired) electrons. The van der Waals surface area contributed by atoms with E-state index in [0.29, 0.717) is 17.8 Å². The van der Waals surface area contributed by atoms with Crippen molar-refractivity contribution in [1.29, 1.82) is 0 Å². The number of rotatable bonds is 10. The molecule has 1 atom stereocenters. The lowest BCUT2D eigenvalue weighted by atomic mass is 10.1. The highest BCUT2D eigenvalue weighted by Crippen LogP contribution is 2.05. The molecule has 1 unspecified atom stereocenters. The van der Waals surface area contributed by atoms with Crippen molar-refractivity contribution in [3.63, 3.8) is 0 Å². The van der Waals surface area contributed by atoms with E-state index in [1.54, 1.807) is 0 Å². The van der Waals surface area contributed by atoms with Crippen LogP contribution in [0.5, 0.6) is 0 Å². The van der Waals surface area contributed by atoms with Gasteiger partial charge in [0.15, 0.2) is 0 Å². The Labute approximate surface area is 115 Å². The molecule has 0 fully saturated rings. The fourth-order valence-electron chi connectivity index (χ4n) is 1.71. The number of carbonyl (C=O) groups excluding carboxylic acids is 1. The van der Waals surface area contributed by atoms with Crippen molar-refractivity contribution in [2.75, 3.05) is 0 Å². The smallest absolute Gasteiger partial charge is 0.220 e. The third-order valence-corrected chi connectivity index (χ3v) is 3.14. The molecule has 3 N–H and O–H groups in total. The van der Waals surface area contributed by atoms with Gasteiger partial charge < -0.3 is 5.32 Å². The second-order valence-electron chi connectivity index (χ2n) is 4.71. The molecule has 106 valence electrons. The first-order valence-corrected chi connectivity index (χ1v) is 7.23. The van der Waals surface area contributed by atoms with Gasteiger partial charge >= 0.3 is 0 Å². The maximum atomic E-state index is 11.6. The monoisotopic (exact) mass is 274 g/mol. The van der Waals surface area contributed by atoms with Crippen molar-refractivity contribution in [1.82, 2.24) is 10.8 Å². The van der Waals surface area contributed by atoms with Gasteiger partial charge in [0.1, 0.15) is 4.99 Å². The van der Waals surface area contributed by atoms with Gasteiger partial charge in [-0.3, -0.25) is 15.5 Å². The summed E-state index contributed by atoms with van der Waals surface area (Å²) in [7, 11) is 0. The first-order chi connectivity index (χ1) is 8.60. The van der Waals surface area contributed by atoms with E-state index in [1.807, 2.05) is 12.4 Å².